The van der Waals surface area contributed by atoms with E-state index in [2.05, 4.69) is 9.97 Å². The number of hydrogen-bond acceptors (Lipinski definition) is 8. The van der Waals surface area contributed by atoms with Crippen molar-refractivity contribution in [2.75, 3.05) is 0 Å². The SMILES string of the molecule is O=S(=O)(O)O.[AlH3].c1ccc2c(c1)-c1nc-2nc2[nH]c(nc3nc(nc4[nH]c(n1)c1ccccc41)-c1ccccc1-3)c1ccccc21. The third-order valence-corrected chi connectivity index (χ3v) is 7.46. The van der Waals surface area contributed by atoms with E-state index in [1.54, 1.807) is 0 Å². The summed E-state index contributed by atoms with van der Waals surface area (Å²) < 4.78 is 31.6. The van der Waals surface area contributed by atoms with E-state index in [1.807, 2.05) is 97.1 Å². The molecule has 2 aliphatic heterocycles. The zero-order valence-corrected chi connectivity index (χ0v) is 23.9. The molecule has 14 heteroatoms. The molecule has 9 rings (SSSR count). The molecule has 0 fully saturated rings. The number of benzene rings is 4. The Morgan fingerprint density at radius 2 is 0.630 bits per heavy atom. The number of rotatable bonds is 0. The maximum Gasteiger partial charge on any atom is 0.394 e. The van der Waals surface area contributed by atoms with Crippen LogP contribution in [-0.4, -0.2) is 74.8 Å². The molecule has 12 nitrogen and oxygen atoms in total. The number of nitrogens with zero attached hydrogens (tertiary/aromatic N) is 6. The molecule has 0 atom stereocenters. The number of aromatic nitrogens is 8. The molecule has 3 aromatic heterocycles. The molecule has 0 saturated carbocycles. The minimum absolute atomic E-state index is 0. The van der Waals surface area contributed by atoms with Crippen LogP contribution in [0.5, 0.6) is 0 Å². The first-order valence-electron chi connectivity index (χ1n) is 13.7. The summed E-state index contributed by atoms with van der Waals surface area (Å²) in [5.74, 6) is 2.39. The Morgan fingerprint density at radius 3 is 0.870 bits per heavy atom. The highest BCUT2D eigenvalue weighted by atomic mass is 32.3. The Morgan fingerprint density at radius 1 is 0.413 bits per heavy atom. The Hall–Kier alpha value is -5.36. The van der Waals surface area contributed by atoms with Crippen molar-refractivity contribution < 1.29 is 17.5 Å². The molecule has 2 aliphatic rings. The Bertz CT molecular complexity index is 2290. The molecule has 5 heterocycles. The van der Waals surface area contributed by atoms with Crippen molar-refractivity contribution in [3.05, 3.63) is 97.1 Å². The van der Waals surface area contributed by atoms with Crippen LogP contribution in [0.15, 0.2) is 97.1 Å². The van der Waals surface area contributed by atoms with Gasteiger partial charge in [-0.3, -0.25) is 9.11 Å². The number of nitrogens with one attached hydrogen (secondary N) is 2. The number of H-pyrrole nitrogens is 2. The third-order valence-electron chi connectivity index (χ3n) is 7.46. The lowest BCUT2D eigenvalue weighted by molar-refractivity contribution is 0.381. The van der Waals surface area contributed by atoms with Gasteiger partial charge in [0.15, 0.2) is 40.7 Å². The smallest absolute Gasteiger partial charge is 0.324 e. The minimum Gasteiger partial charge on any atom is -0.324 e. The normalized spacial score (nSPS) is 11.7. The lowest BCUT2D eigenvalue weighted by Crippen LogP contribution is -1.89. The molecule has 4 aromatic carbocycles. The Kier molecular flexibility index (Phi) is 7.16. The van der Waals surface area contributed by atoms with Crippen LogP contribution in [0.1, 0.15) is 0 Å². The van der Waals surface area contributed by atoms with Gasteiger partial charge in [-0.05, 0) is 0 Å². The molecule has 4 N–H and O–H groups in total. The molecular weight excluding hydrogens is 619 g/mol. The average molecular weight is 643 g/mol. The van der Waals surface area contributed by atoms with E-state index in [1.165, 1.54) is 0 Å². The number of hydrogen-bond donors (Lipinski definition) is 4. The van der Waals surface area contributed by atoms with Gasteiger partial charge in [-0.25, -0.2) is 29.9 Å². The number of fused-ring (bicyclic) bond motifs is 20. The highest BCUT2D eigenvalue weighted by Crippen LogP contribution is 2.36. The summed E-state index contributed by atoms with van der Waals surface area (Å²) in [5.41, 5.74) is 6.45. The van der Waals surface area contributed by atoms with E-state index in [9.17, 15) is 0 Å². The predicted octanol–water partition coefficient (Wildman–Crippen LogP) is 5.03. The summed E-state index contributed by atoms with van der Waals surface area (Å²) in [7, 11) is -4.67. The minimum atomic E-state index is -4.67. The third kappa shape index (κ3) is 5.20. The van der Waals surface area contributed by atoms with Gasteiger partial charge in [0.2, 0.25) is 0 Å². The summed E-state index contributed by atoms with van der Waals surface area (Å²) in [6, 6.07) is 32.2. The monoisotopic (exact) mass is 642 g/mol. The van der Waals surface area contributed by atoms with Crippen LogP contribution >= 0.6 is 0 Å². The molecule has 224 valence electrons. The van der Waals surface area contributed by atoms with Gasteiger partial charge in [0, 0.05) is 43.8 Å². The van der Waals surface area contributed by atoms with E-state index in [4.69, 9.17) is 47.4 Å². The van der Waals surface area contributed by atoms with Gasteiger partial charge in [0.1, 0.15) is 22.6 Å². The van der Waals surface area contributed by atoms with Crippen molar-refractivity contribution in [1.29, 1.82) is 0 Å². The predicted molar refractivity (Wildman–Crippen MR) is 180 cm³/mol. The number of aromatic amines is 2. The second-order valence-electron chi connectivity index (χ2n) is 10.2. The van der Waals surface area contributed by atoms with Crippen molar-refractivity contribution in [2.24, 2.45) is 0 Å². The summed E-state index contributed by atoms with van der Waals surface area (Å²) in [6.07, 6.45) is 0. The van der Waals surface area contributed by atoms with Gasteiger partial charge in [0.05, 0.1) is 0 Å². The lowest BCUT2D eigenvalue weighted by Gasteiger charge is -1.96. The second kappa shape index (κ2) is 11.2. The molecule has 7 aromatic rings. The highest BCUT2D eigenvalue weighted by Gasteiger charge is 2.21. The summed E-state index contributed by atoms with van der Waals surface area (Å²) in [4.78, 5) is 36.8. The Balaban J connectivity index is 0.000000526. The van der Waals surface area contributed by atoms with E-state index < -0.39 is 10.4 Å². The fourth-order valence-electron chi connectivity index (χ4n) is 5.59. The summed E-state index contributed by atoms with van der Waals surface area (Å²) in [5, 5.41) is 3.82. The van der Waals surface area contributed by atoms with Gasteiger partial charge >= 0.3 is 10.4 Å². The van der Waals surface area contributed by atoms with Gasteiger partial charge < -0.3 is 9.97 Å². The molecule has 46 heavy (non-hydrogen) atoms. The van der Waals surface area contributed by atoms with Gasteiger partial charge in [-0.2, -0.15) is 8.42 Å². The first-order valence-corrected chi connectivity index (χ1v) is 15.1. The zero-order chi connectivity index (χ0) is 30.7. The molecule has 0 radical (unpaired) electrons. The van der Waals surface area contributed by atoms with Crippen LogP contribution < -0.4 is 0 Å². The quantitative estimate of drug-likeness (QED) is 0.129. The van der Waals surface area contributed by atoms with Gasteiger partial charge in [-0.1, -0.05) is 97.1 Å². The van der Waals surface area contributed by atoms with E-state index in [0.29, 0.717) is 45.9 Å². The maximum absolute atomic E-state index is 8.74. The van der Waals surface area contributed by atoms with Crippen LogP contribution in [0, 0.1) is 0 Å². The second-order valence-corrected chi connectivity index (χ2v) is 11.1. The van der Waals surface area contributed by atoms with Crippen LogP contribution in [0.25, 0.3) is 89.7 Å². The largest absolute Gasteiger partial charge is 0.394 e. The van der Waals surface area contributed by atoms with Crippen LogP contribution in [0.3, 0.4) is 0 Å². The molecule has 0 amide bonds. The molecule has 0 aliphatic carbocycles. The van der Waals surface area contributed by atoms with Crippen LogP contribution in [0.4, 0.5) is 0 Å². The van der Waals surface area contributed by atoms with Crippen LogP contribution in [-0.2, 0) is 10.4 Å². The molecular formula is C32H23AlN8O4S. The first-order chi connectivity index (χ1) is 21.8. The molecule has 0 spiro atoms. The summed E-state index contributed by atoms with van der Waals surface area (Å²) >= 11 is 0. The molecule has 0 saturated heterocycles. The van der Waals surface area contributed by atoms with Gasteiger partial charge in [0.25, 0.3) is 0 Å². The van der Waals surface area contributed by atoms with Crippen molar-refractivity contribution in [2.45, 2.75) is 0 Å². The van der Waals surface area contributed by atoms with E-state index in [-0.39, 0.29) is 17.4 Å². The molecule has 0 unspecified atom stereocenters. The van der Waals surface area contributed by atoms with Crippen molar-refractivity contribution in [3.63, 3.8) is 0 Å². The lowest BCUT2D eigenvalue weighted by atomic mass is 10.1. The topological polar surface area (TPSA) is 184 Å². The average Bonchev–Trinajstić information content (AvgIpc) is 3.76. The van der Waals surface area contributed by atoms with Crippen molar-refractivity contribution in [3.8, 4) is 45.6 Å². The maximum atomic E-state index is 8.74. The zero-order valence-electron chi connectivity index (χ0n) is 23.0. The van der Waals surface area contributed by atoms with E-state index in [0.717, 1.165) is 43.8 Å². The fraction of sp³-hybridized carbons (Fsp3) is 0. The Labute approximate surface area is 271 Å². The summed E-state index contributed by atoms with van der Waals surface area (Å²) in [6.45, 7) is 0. The van der Waals surface area contributed by atoms with Crippen molar-refractivity contribution >= 4 is 71.9 Å². The first kappa shape index (κ1) is 29.4. The molecule has 8 bridgehead atoms. The fourth-order valence-corrected chi connectivity index (χ4v) is 5.59. The van der Waals surface area contributed by atoms with E-state index >= 15 is 0 Å². The van der Waals surface area contributed by atoms with Crippen molar-refractivity contribution in [1.82, 2.24) is 39.9 Å². The van der Waals surface area contributed by atoms with Crippen LogP contribution in [0.2, 0.25) is 0 Å². The standard InChI is InChI=1S/C32H18N8.Al.H2O4S.3H/c1-2-10-18-17(9-1)25-33-26(18)38-28-21-13-5-6-14-22(21)30(35-28)40-32-24-16-8-7-15-23(24)31(36-32)39-29-20-12-4-3-11-19(20)27(34-29)37-25;;1-5(2,3)4;;;/h1-16H,(H2,33,34,35,36,37,38,39,40);;(H2,1,2,3,4);;;. The van der Waals surface area contributed by atoms with Gasteiger partial charge in [-0.15, -0.1) is 0 Å². The highest BCUT2D eigenvalue weighted by molar-refractivity contribution is 7.79.